The third-order valence-corrected chi connectivity index (χ3v) is 5.17. The molecule has 31 heavy (non-hydrogen) atoms. The van der Waals surface area contributed by atoms with Crippen LogP contribution in [0.5, 0.6) is 17.2 Å². The van der Waals surface area contributed by atoms with Crippen LogP contribution in [0.2, 0.25) is 0 Å². The van der Waals surface area contributed by atoms with Gasteiger partial charge in [-0.05, 0) is 42.7 Å². The Morgan fingerprint density at radius 3 is 2.65 bits per heavy atom. The first-order valence-corrected chi connectivity index (χ1v) is 10.2. The third kappa shape index (κ3) is 4.08. The molecule has 0 fully saturated rings. The number of ether oxygens (including phenoxy) is 4. The SMILES string of the molecule is CCCc1cc2c(=O)c(-c3ccc4c(c3)OCCO4)coc2cc1O[C@@H](C)C(=O)OC. The highest BCUT2D eigenvalue weighted by molar-refractivity contribution is 5.84. The zero-order chi connectivity index (χ0) is 22.0. The van der Waals surface area contributed by atoms with E-state index in [0.29, 0.717) is 59.0 Å². The number of benzene rings is 2. The van der Waals surface area contributed by atoms with Crippen molar-refractivity contribution < 1.29 is 28.2 Å². The van der Waals surface area contributed by atoms with Gasteiger partial charge in [-0.3, -0.25) is 4.79 Å². The lowest BCUT2D eigenvalue weighted by Crippen LogP contribution is -2.25. The first-order valence-electron chi connectivity index (χ1n) is 10.2. The molecular formula is C24H24O7. The van der Waals surface area contributed by atoms with Crippen LogP contribution in [0.25, 0.3) is 22.1 Å². The molecular weight excluding hydrogens is 400 g/mol. The van der Waals surface area contributed by atoms with E-state index in [-0.39, 0.29) is 5.43 Å². The Balaban J connectivity index is 1.78. The molecule has 1 aliphatic heterocycles. The van der Waals surface area contributed by atoms with Gasteiger partial charge in [0.1, 0.15) is 30.8 Å². The second-order valence-electron chi connectivity index (χ2n) is 7.33. The molecule has 1 aliphatic rings. The fourth-order valence-electron chi connectivity index (χ4n) is 3.59. The van der Waals surface area contributed by atoms with Gasteiger partial charge in [0.05, 0.1) is 18.1 Å². The molecule has 7 heteroatoms. The molecule has 2 heterocycles. The van der Waals surface area contributed by atoms with Gasteiger partial charge in [0.15, 0.2) is 17.6 Å². The number of hydrogen-bond acceptors (Lipinski definition) is 7. The van der Waals surface area contributed by atoms with Gasteiger partial charge in [-0.15, -0.1) is 0 Å². The van der Waals surface area contributed by atoms with Crippen LogP contribution in [0, 0.1) is 0 Å². The van der Waals surface area contributed by atoms with Crippen LogP contribution >= 0.6 is 0 Å². The molecule has 0 radical (unpaired) electrons. The Hall–Kier alpha value is -3.48. The number of carbonyl (C=O) groups excluding carboxylic acids is 1. The largest absolute Gasteiger partial charge is 0.486 e. The van der Waals surface area contributed by atoms with E-state index in [1.165, 1.54) is 13.4 Å². The van der Waals surface area contributed by atoms with Crippen molar-refractivity contribution >= 4 is 16.9 Å². The van der Waals surface area contributed by atoms with E-state index in [2.05, 4.69) is 0 Å². The number of methoxy groups -OCH3 is 1. The van der Waals surface area contributed by atoms with Crippen molar-refractivity contribution in [1.82, 2.24) is 0 Å². The molecule has 162 valence electrons. The highest BCUT2D eigenvalue weighted by Crippen LogP contribution is 2.35. The minimum Gasteiger partial charge on any atom is -0.486 e. The number of fused-ring (bicyclic) bond motifs is 2. The van der Waals surface area contributed by atoms with Crippen LogP contribution < -0.4 is 19.6 Å². The van der Waals surface area contributed by atoms with Crippen LogP contribution in [-0.4, -0.2) is 32.4 Å². The van der Waals surface area contributed by atoms with Crippen LogP contribution in [0.4, 0.5) is 0 Å². The Morgan fingerprint density at radius 2 is 1.90 bits per heavy atom. The Kier molecular flexibility index (Phi) is 5.84. The van der Waals surface area contributed by atoms with E-state index in [1.807, 2.05) is 13.0 Å². The second kappa shape index (κ2) is 8.71. The molecule has 1 atom stereocenters. The molecule has 1 aromatic heterocycles. The molecule has 0 saturated heterocycles. The van der Waals surface area contributed by atoms with E-state index in [9.17, 15) is 9.59 Å². The van der Waals surface area contributed by atoms with Crippen molar-refractivity contribution in [3.05, 3.63) is 52.4 Å². The summed E-state index contributed by atoms with van der Waals surface area (Å²) < 4.78 is 27.5. The highest BCUT2D eigenvalue weighted by atomic mass is 16.6. The van der Waals surface area contributed by atoms with Gasteiger partial charge >= 0.3 is 5.97 Å². The summed E-state index contributed by atoms with van der Waals surface area (Å²) in [5.41, 5.74) is 2.19. The van der Waals surface area contributed by atoms with Crippen LogP contribution in [0.15, 0.2) is 45.8 Å². The van der Waals surface area contributed by atoms with E-state index < -0.39 is 12.1 Å². The van der Waals surface area contributed by atoms with E-state index in [4.69, 9.17) is 23.4 Å². The van der Waals surface area contributed by atoms with Gasteiger partial charge in [-0.25, -0.2) is 4.79 Å². The lowest BCUT2D eigenvalue weighted by atomic mass is 10.0. The molecule has 0 N–H and O–H groups in total. The number of rotatable bonds is 6. The molecule has 0 spiro atoms. The van der Waals surface area contributed by atoms with Gasteiger partial charge < -0.3 is 23.4 Å². The standard InChI is InChI=1S/C24H24O7/c1-4-5-16-10-17-21(12-20(16)31-14(2)24(26)27-3)30-13-18(23(17)25)15-6-7-19-22(11-15)29-9-8-28-19/h6-7,10-14H,4-5,8-9H2,1-3H3/t14-/m0/s1. The van der Waals surface area contributed by atoms with Crippen LogP contribution in [0.1, 0.15) is 25.8 Å². The van der Waals surface area contributed by atoms with Crippen molar-refractivity contribution in [3.8, 4) is 28.4 Å². The Morgan fingerprint density at radius 1 is 1.13 bits per heavy atom. The molecule has 3 aromatic rings. The summed E-state index contributed by atoms with van der Waals surface area (Å²) in [4.78, 5) is 25.1. The summed E-state index contributed by atoms with van der Waals surface area (Å²) in [5, 5.41) is 0.453. The van der Waals surface area contributed by atoms with E-state index in [0.717, 1.165) is 12.0 Å². The van der Waals surface area contributed by atoms with E-state index in [1.54, 1.807) is 31.2 Å². The van der Waals surface area contributed by atoms with Crippen molar-refractivity contribution in [2.75, 3.05) is 20.3 Å². The minimum atomic E-state index is -0.776. The highest BCUT2D eigenvalue weighted by Gasteiger charge is 2.20. The first-order chi connectivity index (χ1) is 15.0. The number of esters is 1. The fraction of sp³-hybridized carbons (Fsp3) is 0.333. The smallest absolute Gasteiger partial charge is 0.346 e. The maximum atomic E-state index is 13.3. The predicted molar refractivity (Wildman–Crippen MR) is 115 cm³/mol. The van der Waals surface area contributed by atoms with Crippen molar-refractivity contribution in [2.45, 2.75) is 32.8 Å². The maximum Gasteiger partial charge on any atom is 0.346 e. The van der Waals surface area contributed by atoms with Gasteiger partial charge in [-0.2, -0.15) is 0 Å². The molecule has 0 saturated carbocycles. The summed E-state index contributed by atoms with van der Waals surface area (Å²) in [6.45, 7) is 4.62. The average molecular weight is 424 g/mol. The summed E-state index contributed by atoms with van der Waals surface area (Å²) in [7, 11) is 1.31. The van der Waals surface area contributed by atoms with Gasteiger partial charge in [-0.1, -0.05) is 19.4 Å². The second-order valence-corrected chi connectivity index (χ2v) is 7.33. The Bertz CT molecular complexity index is 1180. The lowest BCUT2D eigenvalue weighted by molar-refractivity contribution is -0.147. The number of hydrogen-bond donors (Lipinski definition) is 0. The van der Waals surface area contributed by atoms with Gasteiger partial charge in [0, 0.05) is 6.07 Å². The van der Waals surface area contributed by atoms with Crippen molar-refractivity contribution in [1.29, 1.82) is 0 Å². The molecule has 2 aromatic carbocycles. The molecule has 0 unspecified atom stereocenters. The van der Waals surface area contributed by atoms with E-state index >= 15 is 0 Å². The van der Waals surface area contributed by atoms with Crippen LogP contribution in [0.3, 0.4) is 0 Å². The molecule has 0 amide bonds. The minimum absolute atomic E-state index is 0.150. The lowest BCUT2D eigenvalue weighted by Gasteiger charge is -2.19. The first kappa shape index (κ1) is 20.8. The van der Waals surface area contributed by atoms with Crippen molar-refractivity contribution in [3.63, 3.8) is 0 Å². The fourth-order valence-corrected chi connectivity index (χ4v) is 3.59. The normalized spacial score (nSPS) is 13.6. The quantitative estimate of drug-likeness (QED) is 0.550. The number of carbonyl (C=O) groups is 1. The van der Waals surface area contributed by atoms with Gasteiger partial charge in [0.2, 0.25) is 5.43 Å². The molecule has 0 bridgehead atoms. The summed E-state index contributed by atoms with van der Waals surface area (Å²) in [6, 6.07) is 8.84. The summed E-state index contributed by atoms with van der Waals surface area (Å²) in [5.74, 6) is 1.29. The monoisotopic (exact) mass is 424 g/mol. The zero-order valence-corrected chi connectivity index (χ0v) is 17.7. The summed E-state index contributed by atoms with van der Waals surface area (Å²) >= 11 is 0. The topological polar surface area (TPSA) is 84.2 Å². The average Bonchev–Trinajstić information content (AvgIpc) is 2.79. The molecule has 7 nitrogen and oxygen atoms in total. The number of aryl methyl sites for hydroxylation is 1. The molecule has 4 rings (SSSR count). The third-order valence-electron chi connectivity index (χ3n) is 5.17. The van der Waals surface area contributed by atoms with Crippen molar-refractivity contribution in [2.24, 2.45) is 0 Å². The van der Waals surface area contributed by atoms with Gasteiger partial charge in [0.25, 0.3) is 0 Å². The maximum absolute atomic E-state index is 13.3. The zero-order valence-electron chi connectivity index (χ0n) is 17.7. The Labute approximate surface area is 179 Å². The summed E-state index contributed by atoms with van der Waals surface area (Å²) in [6.07, 6.45) is 2.19. The molecule has 0 aliphatic carbocycles. The van der Waals surface area contributed by atoms with Crippen LogP contribution in [-0.2, 0) is 16.0 Å². The predicted octanol–water partition coefficient (Wildman–Crippen LogP) is 4.12.